The van der Waals surface area contributed by atoms with E-state index in [1.165, 1.54) is 6.07 Å². The minimum atomic E-state index is -0.423. The summed E-state index contributed by atoms with van der Waals surface area (Å²) in [4.78, 5) is 19.3. The van der Waals surface area contributed by atoms with Gasteiger partial charge in [0.2, 0.25) is 0 Å². The van der Waals surface area contributed by atoms with Gasteiger partial charge in [0, 0.05) is 5.56 Å². The zero-order chi connectivity index (χ0) is 16.2. The van der Waals surface area contributed by atoms with E-state index in [4.69, 9.17) is 4.74 Å². The van der Waals surface area contributed by atoms with Crippen molar-refractivity contribution < 1.29 is 9.13 Å². The summed E-state index contributed by atoms with van der Waals surface area (Å²) < 4.78 is 19.3. The number of fused-ring (bicyclic) bond motifs is 1. The number of halogens is 1. The topological polar surface area (TPSA) is 55.0 Å². The molecule has 2 aromatic carbocycles. The Balaban J connectivity index is 2.01. The molecule has 3 rings (SSSR count). The second-order valence-electron chi connectivity index (χ2n) is 5.28. The zero-order valence-electron chi connectivity index (χ0n) is 12.8. The molecule has 118 valence electrons. The largest absolute Gasteiger partial charge is 0.490 e. The van der Waals surface area contributed by atoms with Gasteiger partial charge in [0.15, 0.2) is 11.6 Å². The molecule has 0 unspecified atom stereocenters. The highest BCUT2D eigenvalue weighted by Crippen LogP contribution is 2.25. The Labute approximate surface area is 133 Å². The van der Waals surface area contributed by atoms with Gasteiger partial charge in [0.25, 0.3) is 5.56 Å². The number of benzene rings is 2. The minimum absolute atomic E-state index is 0.173. The van der Waals surface area contributed by atoms with Gasteiger partial charge >= 0.3 is 0 Å². The van der Waals surface area contributed by atoms with Crippen molar-refractivity contribution in [2.45, 2.75) is 19.8 Å². The third-order valence-electron chi connectivity index (χ3n) is 3.57. The second-order valence-corrected chi connectivity index (χ2v) is 5.28. The molecule has 0 spiro atoms. The van der Waals surface area contributed by atoms with Gasteiger partial charge in [-0.1, -0.05) is 25.5 Å². The molecule has 5 heteroatoms. The van der Waals surface area contributed by atoms with Crippen LogP contribution < -0.4 is 10.3 Å². The predicted octanol–water partition coefficient (Wildman–Crippen LogP) is 3.91. The summed E-state index contributed by atoms with van der Waals surface area (Å²) in [6.45, 7) is 2.50. The van der Waals surface area contributed by atoms with E-state index >= 15 is 0 Å². The molecule has 0 radical (unpaired) electrons. The average Bonchev–Trinajstić information content (AvgIpc) is 2.57. The van der Waals surface area contributed by atoms with Crippen molar-refractivity contribution in [2.24, 2.45) is 0 Å². The Morgan fingerprint density at radius 1 is 1.22 bits per heavy atom. The van der Waals surface area contributed by atoms with Gasteiger partial charge in [-0.2, -0.15) is 0 Å². The van der Waals surface area contributed by atoms with Gasteiger partial charge in [-0.15, -0.1) is 0 Å². The van der Waals surface area contributed by atoms with E-state index in [-0.39, 0.29) is 11.3 Å². The first-order chi connectivity index (χ1) is 11.2. The highest BCUT2D eigenvalue weighted by molar-refractivity contribution is 5.79. The fraction of sp³-hybridized carbons (Fsp3) is 0.222. The van der Waals surface area contributed by atoms with Crippen molar-refractivity contribution in [1.82, 2.24) is 9.97 Å². The number of rotatable bonds is 5. The molecule has 0 atom stereocenters. The Kier molecular flexibility index (Phi) is 4.37. The summed E-state index contributed by atoms with van der Waals surface area (Å²) in [7, 11) is 0. The SMILES string of the molecule is CCCCOc1cc(-c2nc3ccccc3c(=O)[nH]2)ccc1F. The van der Waals surface area contributed by atoms with E-state index in [0.29, 0.717) is 28.9 Å². The lowest BCUT2D eigenvalue weighted by atomic mass is 10.1. The molecule has 0 fully saturated rings. The Morgan fingerprint density at radius 2 is 2.04 bits per heavy atom. The number of hydrogen-bond donors (Lipinski definition) is 1. The Morgan fingerprint density at radius 3 is 2.87 bits per heavy atom. The molecule has 0 aliphatic heterocycles. The molecule has 0 saturated carbocycles. The maximum absolute atomic E-state index is 13.8. The normalized spacial score (nSPS) is 10.9. The maximum atomic E-state index is 13.8. The van der Waals surface area contributed by atoms with E-state index < -0.39 is 5.82 Å². The van der Waals surface area contributed by atoms with Crippen LogP contribution >= 0.6 is 0 Å². The third kappa shape index (κ3) is 3.23. The second kappa shape index (κ2) is 6.60. The summed E-state index contributed by atoms with van der Waals surface area (Å²) in [5, 5.41) is 0.526. The number of aromatic amines is 1. The lowest BCUT2D eigenvalue weighted by molar-refractivity contribution is 0.294. The van der Waals surface area contributed by atoms with Crippen LogP contribution in [0.25, 0.3) is 22.3 Å². The third-order valence-corrected chi connectivity index (χ3v) is 3.57. The first-order valence-electron chi connectivity index (χ1n) is 7.61. The van der Waals surface area contributed by atoms with Crippen molar-refractivity contribution in [3.8, 4) is 17.1 Å². The van der Waals surface area contributed by atoms with Crippen LogP contribution in [0.2, 0.25) is 0 Å². The molecule has 1 heterocycles. The van der Waals surface area contributed by atoms with Crippen molar-refractivity contribution in [3.05, 3.63) is 58.6 Å². The van der Waals surface area contributed by atoms with Crippen LogP contribution in [-0.4, -0.2) is 16.6 Å². The van der Waals surface area contributed by atoms with Crippen LogP contribution in [0, 0.1) is 5.82 Å². The molecule has 0 bridgehead atoms. The van der Waals surface area contributed by atoms with Gasteiger partial charge < -0.3 is 9.72 Å². The van der Waals surface area contributed by atoms with Crippen molar-refractivity contribution in [2.75, 3.05) is 6.61 Å². The molecule has 23 heavy (non-hydrogen) atoms. The molecule has 0 aliphatic carbocycles. The lowest BCUT2D eigenvalue weighted by Crippen LogP contribution is -2.09. The predicted molar refractivity (Wildman–Crippen MR) is 88.2 cm³/mol. The molecule has 0 amide bonds. The van der Waals surface area contributed by atoms with Gasteiger partial charge in [-0.3, -0.25) is 4.79 Å². The minimum Gasteiger partial charge on any atom is -0.490 e. The number of para-hydroxylation sites is 1. The quantitative estimate of drug-likeness (QED) is 0.727. The van der Waals surface area contributed by atoms with Gasteiger partial charge in [-0.25, -0.2) is 9.37 Å². The molecule has 1 aromatic heterocycles. The lowest BCUT2D eigenvalue weighted by Gasteiger charge is -2.09. The maximum Gasteiger partial charge on any atom is 0.259 e. The first kappa shape index (κ1) is 15.2. The first-order valence-corrected chi connectivity index (χ1v) is 7.61. The van der Waals surface area contributed by atoms with Crippen molar-refractivity contribution in [1.29, 1.82) is 0 Å². The smallest absolute Gasteiger partial charge is 0.259 e. The Bertz CT molecular complexity index is 890. The van der Waals surface area contributed by atoms with E-state index in [2.05, 4.69) is 9.97 Å². The molecular weight excluding hydrogens is 295 g/mol. The number of nitrogens with one attached hydrogen (secondary N) is 1. The van der Waals surface area contributed by atoms with Crippen molar-refractivity contribution in [3.63, 3.8) is 0 Å². The fourth-order valence-electron chi connectivity index (χ4n) is 2.31. The van der Waals surface area contributed by atoms with Crippen LogP contribution in [-0.2, 0) is 0 Å². The van der Waals surface area contributed by atoms with E-state index in [1.54, 1.807) is 30.3 Å². The summed E-state index contributed by atoms with van der Waals surface area (Å²) in [6, 6.07) is 11.6. The molecule has 4 nitrogen and oxygen atoms in total. The number of hydrogen-bond acceptors (Lipinski definition) is 3. The van der Waals surface area contributed by atoms with Gasteiger partial charge in [0.1, 0.15) is 5.82 Å². The van der Waals surface area contributed by atoms with Crippen LogP contribution in [0.1, 0.15) is 19.8 Å². The number of unbranched alkanes of at least 4 members (excludes halogenated alkanes) is 1. The summed E-state index contributed by atoms with van der Waals surface area (Å²) in [5.74, 6) is 0.147. The molecule has 0 aliphatic rings. The Hall–Kier alpha value is -2.69. The number of H-pyrrole nitrogens is 1. The van der Waals surface area contributed by atoms with Crippen LogP contribution in [0.5, 0.6) is 5.75 Å². The van der Waals surface area contributed by atoms with E-state index in [1.807, 2.05) is 13.0 Å². The highest BCUT2D eigenvalue weighted by Gasteiger charge is 2.10. The summed E-state index contributed by atoms with van der Waals surface area (Å²) in [6.07, 6.45) is 1.83. The molecular formula is C18H17FN2O2. The standard InChI is InChI=1S/C18H17FN2O2/c1-2-3-10-23-16-11-12(8-9-14(16)19)17-20-15-7-5-4-6-13(15)18(22)21-17/h4-9,11H,2-3,10H2,1H3,(H,20,21,22). The zero-order valence-corrected chi connectivity index (χ0v) is 12.8. The number of nitrogens with zero attached hydrogens (tertiary/aromatic N) is 1. The molecule has 1 N–H and O–H groups in total. The summed E-state index contributed by atoms with van der Waals surface area (Å²) >= 11 is 0. The van der Waals surface area contributed by atoms with Gasteiger partial charge in [0.05, 0.1) is 17.5 Å². The van der Waals surface area contributed by atoms with Gasteiger partial charge in [-0.05, 0) is 36.8 Å². The average molecular weight is 312 g/mol. The molecule has 3 aromatic rings. The summed E-state index contributed by atoms with van der Waals surface area (Å²) in [5.41, 5.74) is 0.994. The number of aromatic nitrogens is 2. The highest BCUT2D eigenvalue weighted by atomic mass is 19.1. The van der Waals surface area contributed by atoms with Crippen LogP contribution in [0.4, 0.5) is 4.39 Å². The van der Waals surface area contributed by atoms with E-state index in [9.17, 15) is 9.18 Å². The molecule has 0 saturated heterocycles. The van der Waals surface area contributed by atoms with Crippen LogP contribution in [0.3, 0.4) is 0 Å². The number of ether oxygens (including phenoxy) is 1. The van der Waals surface area contributed by atoms with E-state index in [0.717, 1.165) is 12.8 Å². The van der Waals surface area contributed by atoms with Crippen LogP contribution in [0.15, 0.2) is 47.3 Å². The van der Waals surface area contributed by atoms with Crippen molar-refractivity contribution >= 4 is 10.9 Å². The fourth-order valence-corrected chi connectivity index (χ4v) is 2.31. The monoisotopic (exact) mass is 312 g/mol.